The van der Waals surface area contributed by atoms with Gasteiger partial charge in [0.1, 0.15) is 5.75 Å². The summed E-state index contributed by atoms with van der Waals surface area (Å²) in [6, 6.07) is 9.72. The predicted octanol–water partition coefficient (Wildman–Crippen LogP) is 5.60. The van der Waals surface area contributed by atoms with Gasteiger partial charge in [-0.15, -0.1) is 0 Å². The summed E-state index contributed by atoms with van der Waals surface area (Å²) in [4.78, 5) is 11.6. The molecule has 8 heteroatoms. The molecule has 0 N–H and O–H groups in total. The summed E-state index contributed by atoms with van der Waals surface area (Å²) >= 11 is 18.4. The van der Waals surface area contributed by atoms with Crippen molar-refractivity contribution in [3.05, 3.63) is 63.4 Å². The van der Waals surface area contributed by atoms with Gasteiger partial charge in [0.2, 0.25) is 6.49 Å². The Balaban J connectivity index is 2.35. The zero-order valence-corrected chi connectivity index (χ0v) is 16.5. The van der Waals surface area contributed by atoms with E-state index in [4.69, 9.17) is 39.2 Å². The van der Waals surface area contributed by atoms with Gasteiger partial charge in [-0.05, 0) is 59.0 Å². The fourth-order valence-corrected chi connectivity index (χ4v) is 4.33. The van der Waals surface area contributed by atoms with Gasteiger partial charge < -0.3 is 9.47 Å². The van der Waals surface area contributed by atoms with Crippen molar-refractivity contribution in [2.24, 2.45) is 0 Å². The zero-order chi connectivity index (χ0) is 18.6. The van der Waals surface area contributed by atoms with Gasteiger partial charge in [0.25, 0.3) is 0 Å². The third-order valence-electron chi connectivity index (χ3n) is 3.32. The number of hydrogen-bond acceptors (Lipinski definition) is 4. The number of ether oxygens (including phenoxy) is 2. The highest BCUT2D eigenvalue weighted by atomic mass is 35.7. The van der Waals surface area contributed by atoms with Crippen LogP contribution in [0, 0.1) is 0 Å². The van der Waals surface area contributed by atoms with Crippen LogP contribution in [-0.2, 0) is 9.30 Å². The summed E-state index contributed by atoms with van der Waals surface area (Å²) < 4.78 is 22.5. The van der Waals surface area contributed by atoms with Crippen molar-refractivity contribution in [2.75, 3.05) is 14.2 Å². The van der Waals surface area contributed by atoms with E-state index in [9.17, 15) is 9.36 Å². The normalized spacial score (nSPS) is 13.5. The maximum atomic E-state index is 12.7. The van der Waals surface area contributed by atoms with Crippen molar-refractivity contribution in [3.63, 3.8) is 0 Å². The average Bonchev–Trinajstić information content (AvgIpc) is 2.59. The second-order valence-corrected chi connectivity index (χ2v) is 9.23. The maximum Gasteiger partial charge on any atom is 0.340 e. The van der Waals surface area contributed by atoms with Gasteiger partial charge in [0, 0.05) is 5.30 Å². The van der Waals surface area contributed by atoms with Crippen molar-refractivity contribution in [3.8, 4) is 5.75 Å². The van der Waals surface area contributed by atoms with Gasteiger partial charge in [-0.3, -0.25) is 4.57 Å². The van der Waals surface area contributed by atoms with Crippen molar-refractivity contribution < 1.29 is 18.8 Å². The lowest BCUT2D eigenvalue weighted by Gasteiger charge is -2.09. The second kappa shape index (κ2) is 8.29. The maximum absolute atomic E-state index is 12.7. The van der Waals surface area contributed by atoms with Crippen LogP contribution in [0.5, 0.6) is 5.75 Å². The Bertz CT molecular complexity index is 857. The van der Waals surface area contributed by atoms with E-state index in [1.807, 2.05) is 0 Å². The Hall–Kier alpha value is -1.45. The number of hydrogen-bond donors (Lipinski definition) is 0. The minimum Gasteiger partial charge on any atom is -0.497 e. The molecule has 0 fully saturated rings. The third kappa shape index (κ3) is 4.80. The molecule has 0 saturated carbocycles. The first-order valence-electron chi connectivity index (χ1n) is 6.99. The third-order valence-corrected chi connectivity index (χ3v) is 6.35. The van der Waals surface area contributed by atoms with Crippen LogP contribution in [0.25, 0.3) is 6.08 Å². The average molecular weight is 420 g/mol. The van der Waals surface area contributed by atoms with Gasteiger partial charge >= 0.3 is 5.97 Å². The van der Waals surface area contributed by atoms with Crippen LogP contribution in [0.4, 0.5) is 0 Å². The molecule has 2 rings (SSSR count). The number of carbonyl (C=O) groups excluding carboxylic acids is 1. The standard InChI is InChI=1S/C17H14Cl3O4P/c1-23-12-4-3-5-13(10-12)25(20,22)7-6-11-8-14(18)16(15(19)9-11)17(21)24-2/h3-10H,1-2H3/b7-6+. The Morgan fingerprint density at radius 3 is 2.32 bits per heavy atom. The van der Waals surface area contributed by atoms with E-state index in [-0.39, 0.29) is 15.6 Å². The summed E-state index contributed by atoms with van der Waals surface area (Å²) in [7, 11) is 2.75. The van der Waals surface area contributed by atoms with E-state index < -0.39 is 12.5 Å². The lowest BCUT2D eigenvalue weighted by molar-refractivity contribution is 0.0601. The smallest absolute Gasteiger partial charge is 0.340 e. The van der Waals surface area contributed by atoms with Crippen LogP contribution in [0.1, 0.15) is 15.9 Å². The Labute approximate surface area is 160 Å². The first-order chi connectivity index (χ1) is 11.8. The molecule has 1 atom stereocenters. The topological polar surface area (TPSA) is 52.6 Å². The lowest BCUT2D eigenvalue weighted by Crippen LogP contribution is -2.03. The molecule has 4 nitrogen and oxygen atoms in total. The fraction of sp³-hybridized carbons (Fsp3) is 0.118. The minimum absolute atomic E-state index is 0.0739. The van der Waals surface area contributed by atoms with Crippen LogP contribution in [-0.4, -0.2) is 20.2 Å². The van der Waals surface area contributed by atoms with Gasteiger partial charge in [0.05, 0.1) is 29.8 Å². The lowest BCUT2D eigenvalue weighted by atomic mass is 10.1. The number of esters is 1. The molecule has 2 aromatic carbocycles. The van der Waals surface area contributed by atoms with Gasteiger partial charge in [-0.25, -0.2) is 4.79 Å². The minimum atomic E-state index is -3.28. The highest BCUT2D eigenvalue weighted by Gasteiger charge is 2.19. The molecule has 25 heavy (non-hydrogen) atoms. The summed E-state index contributed by atoms with van der Waals surface area (Å²) in [6.45, 7) is -3.28. The molecule has 0 saturated heterocycles. The zero-order valence-electron chi connectivity index (χ0n) is 13.3. The van der Waals surface area contributed by atoms with Gasteiger partial charge in [0.15, 0.2) is 0 Å². The van der Waals surface area contributed by atoms with Crippen molar-refractivity contribution >= 4 is 58.3 Å². The molecule has 0 amide bonds. The monoisotopic (exact) mass is 418 g/mol. The number of methoxy groups -OCH3 is 2. The molecule has 2 aromatic rings. The van der Waals surface area contributed by atoms with Crippen molar-refractivity contribution in [1.82, 2.24) is 0 Å². The Morgan fingerprint density at radius 1 is 1.12 bits per heavy atom. The number of benzene rings is 2. The Morgan fingerprint density at radius 2 is 1.76 bits per heavy atom. The van der Waals surface area contributed by atoms with Crippen LogP contribution in [0.15, 0.2) is 42.2 Å². The number of carbonyl (C=O) groups is 1. The molecule has 0 aliphatic heterocycles. The van der Waals surface area contributed by atoms with Crippen molar-refractivity contribution in [2.45, 2.75) is 0 Å². The molecule has 1 unspecified atom stereocenters. The van der Waals surface area contributed by atoms with E-state index in [2.05, 4.69) is 4.74 Å². The summed E-state index contributed by atoms with van der Waals surface area (Å²) in [5.74, 6) is 1.30. The SMILES string of the molecule is COC(=O)c1c(Cl)cc(/C=C/P(=O)(Cl)c2cccc(OC)c2)cc1Cl. The quantitative estimate of drug-likeness (QED) is 0.467. The summed E-state index contributed by atoms with van der Waals surface area (Å²) in [6.07, 6.45) is 1.53. The highest BCUT2D eigenvalue weighted by molar-refractivity contribution is 7.97. The first kappa shape index (κ1) is 19.9. The van der Waals surface area contributed by atoms with Crippen LogP contribution in [0.3, 0.4) is 0 Å². The molecule has 0 bridgehead atoms. The molecule has 0 aliphatic rings. The van der Waals surface area contributed by atoms with E-state index in [0.717, 1.165) is 0 Å². The Kier molecular flexibility index (Phi) is 6.59. The molecule has 0 aliphatic carbocycles. The molecular formula is C17H14Cl3O4P. The predicted molar refractivity (Wildman–Crippen MR) is 103 cm³/mol. The van der Waals surface area contributed by atoms with Crippen LogP contribution < -0.4 is 10.0 Å². The number of halogens is 3. The van der Waals surface area contributed by atoms with E-state index in [1.165, 1.54) is 38.2 Å². The molecule has 0 aromatic heterocycles. The molecule has 0 spiro atoms. The summed E-state index contributed by atoms with van der Waals surface area (Å²) in [5, 5.41) is 0.697. The fourth-order valence-electron chi connectivity index (χ4n) is 2.05. The second-order valence-electron chi connectivity index (χ2n) is 4.95. The van der Waals surface area contributed by atoms with E-state index in [1.54, 1.807) is 24.3 Å². The summed E-state index contributed by atoms with van der Waals surface area (Å²) in [5.41, 5.74) is 0.622. The van der Waals surface area contributed by atoms with E-state index in [0.29, 0.717) is 16.6 Å². The molecule has 0 radical (unpaired) electrons. The van der Waals surface area contributed by atoms with Crippen LogP contribution >= 0.6 is 40.9 Å². The van der Waals surface area contributed by atoms with Crippen molar-refractivity contribution in [1.29, 1.82) is 0 Å². The molecule has 132 valence electrons. The van der Waals surface area contributed by atoms with Crippen LogP contribution in [0.2, 0.25) is 10.0 Å². The van der Waals surface area contributed by atoms with Gasteiger partial charge in [-0.1, -0.05) is 29.3 Å². The highest BCUT2D eigenvalue weighted by Crippen LogP contribution is 2.52. The number of rotatable bonds is 5. The molecule has 0 heterocycles. The van der Waals surface area contributed by atoms with E-state index >= 15 is 0 Å². The largest absolute Gasteiger partial charge is 0.497 e. The molecular weight excluding hydrogens is 406 g/mol. The van der Waals surface area contributed by atoms with Gasteiger partial charge in [-0.2, -0.15) is 0 Å². The first-order valence-corrected chi connectivity index (χ1v) is 10.4.